The van der Waals surface area contributed by atoms with Gasteiger partial charge in [0.15, 0.2) is 5.96 Å². The molecule has 5 nitrogen and oxygen atoms in total. The fraction of sp³-hybridized carbons (Fsp3) is 0.667. The number of nitrogens with one attached hydrogen (secondary N) is 2. The maximum absolute atomic E-state index is 5.08. The van der Waals surface area contributed by atoms with Crippen LogP contribution in [0.1, 0.15) is 44.2 Å². The Morgan fingerprint density at radius 2 is 2.00 bits per heavy atom. The fourth-order valence-electron chi connectivity index (χ4n) is 3.37. The third-order valence-corrected chi connectivity index (χ3v) is 4.75. The van der Waals surface area contributed by atoms with Crippen LogP contribution in [0.4, 0.5) is 0 Å². The van der Waals surface area contributed by atoms with Gasteiger partial charge in [-0.15, -0.1) is 0 Å². The number of hydrogen-bond donors (Lipinski definition) is 2. The Bertz CT molecular complexity index is 529. The van der Waals surface area contributed by atoms with Crippen LogP contribution in [0.25, 0.3) is 0 Å². The predicted octanol–water partition coefficient (Wildman–Crippen LogP) is 3.01. The Balaban J connectivity index is 1.82. The van der Waals surface area contributed by atoms with E-state index in [9.17, 15) is 0 Å². The molecule has 0 radical (unpaired) electrons. The molecule has 1 atom stereocenters. The van der Waals surface area contributed by atoms with Gasteiger partial charge in [0.05, 0.1) is 6.54 Å². The summed E-state index contributed by atoms with van der Waals surface area (Å²) < 4.78 is 5.08. The van der Waals surface area contributed by atoms with Crippen molar-refractivity contribution in [3.8, 4) is 0 Å². The molecule has 2 N–H and O–H groups in total. The molecule has 1 aromatic rings. The average molecular weight is 361 g/mol. The first-order valence-electron chi connectivity index (χ1n) is 10.0. The lowest BCUT2D eigenvalue weighted by Gasteiger charge is -2.30. The van der Waals surface area contributed by atoms with E-state index in [0.717, 1.165) is 44.5 Å². The number of methoxy groups -OCH3 is 1. The first-order valence-corrected chi connectivity index (χ1v) is 10.0. The van der Waals surface area contributed by atoms with Gasteiger partial charge in [-0.25, -0.2) is 4.99 Å². The molecule has 5 heteroatoms. The lowest BCUT2D eigenvalue weighted by molar-refractivity contribution is 0.176. The summed E-state index contributed by atoms with van der Waals surface area (Å²) in [7, 11) is 1.73. The highest BCUT2D eigenvalue weighted by Gasteiger charge is 2.15. The molecular formula is C21H36N4O. The van der Waals surface area contributed by atoms with Crippen LogP contribution in [0.15, 0.2) is 29.3 Å². The minimum absolute atomic E-state index is 0.695. The van der Waals surface area contributed by atoms with E-state index < -0.39 is 0 Å². The highest BCUT2D eigenvalue weighted by atomic mass is 16.5. The molecule has 146 valence electrons. The zero-order chi connectivity index (χ0) is 18.6. The maximum Gasteiger partial charge on any atom is 0.191 e. The van der Waals surface area contributed by atoms with Crippen molar-refractivity contribution in [2.24, 2.45) is 10.9 Å². The van der Waals surface area contributed by atoms with Gasteiger partial charge < -0.3 is 15.4 Å². The Morgan fingerprint density at radius 1 is 1.23 bits per heavy atom. The van der Waals surface area contributed by atoms with Crippen molar-refractivity contribution in [2.75, 3.05) is 39.9 Å². The third kappa shape index (κ3) is 7.75. The molecule has 1 aromatic carbocycles. The molecule has 2 rings (SSSR count). The molecule has 1 unspecified atom stereocenters. The molecule has 1 fully saturated rings. The second-order valence-corrected chi connectivity index (χ2v) is 7.27. The summed E-state index contributed by atoms with van der Waals surface area (Å²) in [5.74, 6) is 1.70. The normalized spacial score (nSPS) is 18.7. The number of nitrogens with zero attached hydrogens (tertiary/aromatic N) is 2. The van der Waals surface area contributed by atoms with E-state index in [-0.39, 0.29) is 0 Å². The van der Waals surface area contributed by atoms with Crippen molar-refractivity contribution in [3.63, 3.8) is 0 Å². The van der Waals surface area contributed by atoms with Gasteiger partial charge in [0.2, 0.25) is 0 Å². The Morgan fingerprint density at radius 3 is 2.69 bits per heavy atom. The summed E-state index contributed by atoms with van der Waals surface area (Å²) in [5, 5.41) is 6.64. The Kier molecular flexibility index (Phi) is 9.50. The Hall–Kier alpha value is -1.59. The number of aliphatic imine (C=N–C) groups is 1. The molecular weight excluding hydrogens is 324 g/mol. The van der Waals surface area contributed by atoms with Crippen molar-refractivity contribution in [2.45, 2.75) is 46.2 Å². The summed E-state index contributed by atoms with van der Waals surface area (Å²) >= 11 is 0. The topological polar surface area (TPSA) is 48.9 Å². The second-order valence-electron chi connectivity index (χ2n) is 7.27. The number of ether oxygens (including phenoxy) is 1. The predicted molar refractivity (Wildman–Crippen MR) is 109 cm³/mol. The zero-order valence-corrected chi connectivity index (χ0v) is 16.8. The van der Waals surface area contributed by atoms with Crippen LogP contribution in [0.3, 0.4) is 0 Å². The molecule has 0 spiro atoms. The van der Waals surface area contributed by atoms with Crippen molar-refractivity contribution >= 4 is 5.96 Å². The van der Waals surface area contributed by atoms with E-state index in [1.165, 1.54) is 37.1 Å². The monoisotopic (exact) mass is 360 g/mol. The first kappa shape index (κ1) is 20.7. The lowest BCUT2D eigenvalue weighted by atomic mass is 9.99. The number of rotatable bonds is 9. The minimum atomic E-state index is 0.695. The largest absolute Gasteiger partial charge is 0.385 e. The summed E-state index contributed by atoms with van der Waals surface area (Å²) in [6.45, 7) is 11.2. The molecule has 0 amide bonds. The smallest absolute Gasteiger partial charge is 0.191 e. The van der Waals surface area contributed by atoms with Crippen molar-refractivity contribution in [1.82, 2.24) is 15.5 Å². The van der Waals surface area contributed by atoms with Gasteiger partial charge >= 0.3 is 0 Å². The summed E-state index contributed by atoms with van der Waals surface area (Å²) in [6.07, 6.45) is 3.68. The molecule has 0 aliphatic carbocycles. The van der Waals surface area contributed by atoms with E-state index in [0.29, 0.717) is 6.54 Å². The van der Waals surface area contributed by atoms with Gasteiger partial charge in [-0.3, -0.25) is 4.90 Å². The summed E-state index contributed by atoms with van der Waals surface area (Å²) in [5.41, 5.74) is 2.64. The summed E-state index contributed by atoms with van der Waals surface area (Å²) in [6, 6.07) is 8.92. The van der Waals surface area contributed by atoms with Crippen molar-refractivity contribution < 1.29 is 4.74 Å². The van der Waals surface area contributed by atoms with Crippen LogP contribution in [-0.4, -0.2) is 50.8 Å². The van der Waals surface area contributed by atoms with Crippen molar-refractivity contribution in [3.05, 3.63) is 35.4 Å². The second kappa shape index (κ2) is 11.9. The third-order valence-electron chi connectivity index (χ3n) is 4.75. The number of hydrogen-bond acceptors (Lipinski definition) is 3. The van der Waals surface area contributed by atoms with Gasteiger partial charge in [-0.2, -0.15) is 0 Å². The number of piperidine rings is 1. The van der Waals surface area contributed by atoms with Crippen LogP contribution in [0.5, 0.6) is 0 Å². The molecule has 1 aliphatic heterocycles. The van der Waals surface area contributed by atoms with E-state index in [4.69, 9.17) is 4.74 Å². The molecule has 1 aliphatic rings. The van der Waals surface area contributed by atoms with E-state index >= 15 is 0 Å². The van der Waals surface area contributed by atoms with Gasteiger partial charge in [0.25, 0.3) is 0 Å². The first-order chi connectivity index (χ1) is 12.7. The van der Waals surface area contributed by atoms with E-state index in [1.807, 2.05) is 0 Å². The minimum Gasteiger partial charge on any atom is -0.385 e. The van der Waals surface area contributed by atoms with Gasteiger partial charge in [0, 0.05) is 39.9 Å². The average Bonchev–Trinajstić information content (AvgIpc) is 2.64. The summed E-state index contributed by atoms with van der Waals surface area (Å²) in [4.78, 5) is 7.26. The van der Waals surface area contributed by atoms with Gasteiger partial charge in [-0.05, 0) is 49.8 Å². The molecule has 1 heterocycles. The lowest BCUT2D eigenvalue weighted by Crippen LogP contribution is -2.38. The number of benzene rings is 1. The standard InChI is InChI=1S/C21H36N4O/c1-4-22-21(23-12-6-14-26-3)24-15-19-8-10-20(11-9-19)17-25-13-5-7-18(2)16-25/h8-11,18H,4-7,12-17H2,1-3H3,(H2,22,23,24). The molecule has 26 heavy (non-hydrogen) atoms. The van der Waals surface area contributed by atoms with Crippen LogP contribution >= 0.6 is 0 Å². The highest BCUT2D eigenvalue weighted by Crippen LogP contribution is 2.18. The van der Waals surface area contributed by atoms with Crippen LogP contribution < -0.4 is 10.6 Å². The number of likely N-dealkylation sites (tertiary alicyclic amines) is 1. The van der Waals surface area contributed by atoms with Crippen LogP contribution in [-0.2, 0) is 17.8 Å². The van der Waals surface area contributed by atoms with Crippen LogP contribution in [0, 0.1) is 5.92 Å². The zero-order valence-electron chi connectivity index (χ0n) is 16.8. The van der Waals surface area contributed by atoms with Gasteiger partial charge in [0.1, 0.15) is 0 Å². The highest BCUT2D eigenvalue weighted by molar-refractivity contribution is 5.79. The fourth-order valence-corrected chi connectivity index (χ4v) is 3.37. The Labute approximate surface area is 159 Å². The SMILES string of the molecule is CCNC(=NCc1ccc(CN2CCCC(C)C2)cc1)NCCCOC. The van der Waals surface area contributed by atoms with E-state index in [2.05, 4.69) is 58.6 Å². The molecule has 0 bridgehead atoms. The molecule has 1 saturated heterocycles. The van der Waals surface area contributed by atoms with Crippen LogP contribution in [0.2, 0.25) is 0 Å². The van der Waals surface area contributed by atoms with E-state index in [1.54, 1.807) is 7.11 Å². The quantitative estimate of drug-likeness (QED) is 0.404. The number of guanidine groups is 1. The molecule has 0 aromatic heterocycles. The van der Waals surface area contributed by atoms with Crippen molar-refractivity contribution in [1.29, 1.82) is 0 Å². The maximum atomic E-state index is 5.08. The van der Waals surface area contributed by atoms with Gasteiger partial charge in [-0.1, -0.05) is 31.2 Å². The molecule has 0 saturated carbocycles.